The van der Waals surface area contributed by atoms with Gasteiger partial charge in [-0.2, -0.15) is 5.10 Å². The number of benzene rings is 2. The Bertz CT molecular complexity index is 694. The first-order chi connectivity index (χ1) is 10.1. The number of amides is 1. The van der Waals surface area contributed by atoms with E-state index in [1.807, 2.05) is 0 Å². The lowest BCUT2D eigenvalue weighted by atomic mass is 10.1. The third-order valence-corrected chi connectivity index (χ3v) is 2.73. The molecule has 1 amide bonds. The highest BCUT2D eigenvalue weighted by Crippen LogP contribution is 2.07. The predicted molar refractivity (Wildman–Crippen MR) is 79.3 cm³/mol. The molecule has 0 spiro atoms. The van der Waals surface area contributed by atoms with Crippen molar-refractivity contribution in [2.24, 2.45) is 5.10 Å². The Morgan fingerprint density at radius 1 is 1.10 bits per heavy atom. The molecule has 4 N–H and O–H groups in total. The summed E-state index contributed by atoms with van der Waals surface area (Å²) in [5.74, 6) is -1.46. The van der Waals surface area contributed by atoms with Gasteiger partial charge in [-0.15, -0.1) is 0 Å². The van der Waals surface area contributed by atoms with Gasteiger partial charge in [0.15, 0.2) is 0 Å². The molecular formula is C15H13N3O3. The molecule has 2 rings (SSSR count). The fourth-order valence-corrected chi connectivity index (χ4v) is 1.66. The van der Waals surface area contributed by atoms with Crippen molar-refractivity contribution in [3.63, 3.8) is 0 Å². The fraction of sp³-hybridized carbons (Fsp3) is 0. The number of hydrazone groups is 1. The van der Waals surface area contributed by atoms with Crippen molar-refractivity contribution in [2.45, 2.75) is 0 Å². The van der Waals surface area contributed by atoms with Crippen LogP contribution >= 0.6 is 0 Å². The number of carboxylic acid groups (broad SMARTS) is 1. The Labute approximate surface area is 120 Å². The molecule has 0 fully saturated rings. The van der Waals surface area contributed by atoms with E-state index in [0.717, 1.165) is 0 Å². The quantitative estimate of drug-likeness (QED) is 0.451. The van der Waals surface area contributed by atoms with Crippen LogP contribution < -0.4 is 11.2 Å². The van der Waals surface area contributed by atoms with Gasteiger partial charge in [0.1, 0.15) is 0 Å². The minimum atomic E-state index is -1.05. The number of nitrogens with one attached hydrogen (secondary N) is 1. The molecular weight excluding hydrogens is 270 g/mol. The molecule has 0 aliphatic carbocycles. The normalized spacial score (nSPS) is 10.5. The van der Waals surface area contributed by atoms with Gasteiger partial charge in [0, 0.05) is 16.8 Å². The molecule has 0 heterocycles. The van der Waals surface area contributed by atoms with Crippen molar-refractivity contribution in [1.82, 2.24) is 5.43 Å². The minimum Gasteiger partial charge on any atom is -0.478 e. The van der Waals surface area contributed by atoms with E-state index >= 15 is 0 Å². The SMILES string of the molecule is Nc1ccc(C(=O)N/N=C\c2ccccc2C(=O)O)cc1. The molecule has 0 saturated carbocycles. The summed E-state index contributed by atoms with van der Waals surface area (Å²) in [6, 6.07) is 12.7. The lowest BCUT2D eigenvalue weighted by molar-refractivity contribution is 0.0696. The van der Waals surface area contributed by atoms with Crippen LogP contribution in [0.5, 0.6) is 0 Å². The number of aromatic carboxylic acids is 1. The molecule has 6 heteroatoms. The topological polar surface area (TPSA) is 105 Å². The monoisotopic (exact) mass is 283 g/mol. The van der Waals surface area contributed by atoms with E-state index in [1.54, 1.807) is 42.5 Å². The average molecular weight is 283 g/mol. The first-order valence-electron chi connectivity index (χ1n) is 6.09. The molecule has 0 bridgehead atoms. The second-order valence-corrected chi connectivity index (χ2v) is 4.21. The Morgan fingerprint density at radius 3 is 2.43 bits per heavy atom. The molecule has 2 aromatic carbocycles. The van der Waals surface area contributed by atoms with E-state index in [9.17, 15) is 9.59 Å². The van der Waals surface area contributed by atoms with Gasteiger partial charge >= 0.3 is 5.97 Å². The van der Waals surface area contributed by atoms with Gasteiger partial charge in [0.05, 0.1) is 11.8 Å². The van der Waals surface area contributed by atoms with Crippen molar-refractivity contribution in [1.29, 1.82) is 0 Å². The number of hydrogen-bond donors (Lipinski definition) is 3. The Kier molecular flexibility index (Phi) is 4.30. The van der Waals surface area contributed by atoms with Gasteiger partial charge in [-0.3, -0.25) is 4.79 Å². The van der Waals surface area contributed by atoms with Crippen LogP contribution in [0.3, 0.4) is 0 Å². The zero-order chi connectivity index (χ0) is 15.2. The van der Waals surface area contributed by atoms with Crippen molar-refractivity contribution in [3.8, 4) is 0 Å². The first-order valence-corrected chi connectivity index (χ1v) is 6.09. The number of carboxylic acids is 1. The van der Waals surface area contributed by atoms with E-state index < -0.39 is 11.9 Å². The summed E-state index contributed by atoms with van der Waals surface area (Å²) in [5.41, 5.74) is 9.35. The zero-order valence-corrected chi connectivity index (χ0v) is 11.0. The first kappa shape index (κ1) is 14.3. The number of hydrogen-bond acceptors (Lipinski definition) is 4. The van der Waals surface area contributed by atoms with Crippen LogP contribution in [0.25, 0.3) is 0 Å². The van der Waals surface area contributed by atoms with E-state index in [0.29, 0.717) is 16.8 Å². The van der Waals surface area contributed by atoms with Crippen molar-refractivity contribution in [3.05, 3.63) is 65.2 Å². The molecule has 106 valence electrons. The number of nitrogens with zero attached hydrogens (tertiary/aromatic N) is 1. The average Bonchev–Trinajstić information content (AvgIpc) is 2.48. The fourth-order valence-electron chi connectivity index (χ4n) is 1.66. The van der Waals surface area contributed by atoms with Crippen molar-refractivity contribution >= 4 is 23.8 Å². The van der Waals surface area contributed by atoms with Crippen LogP contribution in [0.15, 0.2) is 53.6 Å². The Morgan fingerprint density at radius 2 is 1.76 bits per heavy atom. The van der Waals surface area contributed by atoms with Crippen LogP contribution in [-0.2, 0) is 0 Å². The Balaban J connectivity index is 2.07. The zero-order valence-electron chi connectivity index (χ0n) is 11.0. The van der Waals surface area contributed by atoms with E-state index in [1.165, 1.54) is 12.3 Å². The van der Waals surface area contributed by atoms with Crippen molar-refractivity contribution in [2.75, 3.05) is 5.73 Å². The van der Waals surface area contributed by atoms with E-state index in [-0.39, 0.29) is 5.56 Å². The maximum absolute atomic E-state index is 11.8. The Hall–Kier alpha value is -3.15. The van der Waals surface area contributed by atoms with E-state index in [4.69, 9.17) is 10.8 Å². The lowest BCUT2D eigenvalue weighted by Crippen LogP contribution is -2.17. The van der Waals surface area contributed by atoms with Crippen LogP contribution in [0, 0.1) is 0 Å². The molecule has 0 aliphatic heterocycles. The third-order valence-electron chi connectivity index (χ3n) is 2.73. The predicted octanol–water partition coefficient (Wildman–Crippen LogP) is 1.73. The summed E-state index contributed by atoms with van der Waals surface area (Å²) >= 11 is 0. The number of carbonyl (C=O) groups excluding carboxylic acids is 1. The van der Waals surface area contributed by atoms with Gasteiger partial charge in [-0.25, -0.2) is 10.2 Å². The highest BCUT2D eigenvalue weighted by molar-refractivity contribution is 5.99. The van der Waals surface area contributed by atoms with Gasteiger partial charge in [-0.05, 0) is 30.3 Å². The summed E-state index contributed by atoms with van der Waals surface area (Å²) in [4.78, 5) is 22.8. The highest BCUT2D eigenvalue weighted by Gasteiger charge is 2.07. The molecule has 0 aromatic heterocycles. The van der Waals surface area contributed by atoms with Crippen molar-refractivity contribution < 1.29 is 14.7 Å². The number of rotatable bonds is 4. The van der Waals surface area contributed by atoms with Crippen LogP contribution in [0.1, 0.15) is 26.3 Å². The summed E-state index contributed by atoms with van der Waals surface area (Å²) < 4.78 is 0. The van der Waals surface area contributed by atoms with Crippen LogP contribution in [-0.4, -0.2) is 23.2 Å². The highest BCUT2D eigenvalue weighted by atomic mass is 16.4. The maximum atomic E-state index is 11.8. The number of carbonyl (C=O) groups is 2. The van der Waals surface area contributed by atoms with Gasteiger partial charge in [-0.1, -0.05) is 18.2 Å². The number of anilines is 1. The summed E-state index contributed by atoms with van der Waals surface area (Å²) in [7, 11) is 0. The number of nitrogen functional groups attached to an aromatic ring is 1. The third kappa shape index (κ3) is 3.66. The standard InChI is InChI=1S/C15H13N3O3/c16-12-7-5-10(6-8-12)14(19)18-17-9-11-3-1-2-4-13(11)15(20)21/h1-9H,16H2,(H,18,19)(H,20,21)/b17-9-. The summed E-state index contributed by atoms with van der Waals surface area (Å²) in [6.45, 7) is 0. The molecule has 2 aromatic rings. The molecule has 0 saturated heterocycles. The molecule has 0 atom stereocenters. The van der Waals surface area contributed by atoms with Gasteiger partial charge in [0.2, 0.25) is 0 Å². The van der Waals surface area contributed by atoms with Crippen LogP contribution in [0.2, 0.25) is 0 Å². The van der Waals surface area contributed by atoms with Crippen LogP contribution in [0.4, 0.5) is 5.69 Å². The molecule has 0 radical (unpaired) electrons. The molecule has 0 aliphatic rings. The maximum Gasteiger partial charge on any atom is 0.336 e. The number of nitrogens with two attached hydrogens (primary N) is 1. The lowest BCUT2D eigenvalue weighted by Gasteiger charge is -2.01. The molecule has 21 heavy (non-hydrogen) atoms. The van der Waals surface area contributed by atoms with Gasteiger partial charge < -0.3 is 10.8 Å². The molecule has 0 unspecified atom stereocenters. The summed E-state index contributed by atoms with van der Waals surface area (Å²) in [5, 5.41) is 12.8. The minimum absolute atomic E-state index is 0.114. The smallest absolute Gasteiger partial charge is 0.336 e. The molecule has 6 nitrogen and oxygen atoms in total. The largest absolute Gasteiger partial charge is 0.478 e. The van der Waals surface area contributed by atoms with E-state index in [2.05, 4.69) is 10.5 Å². The van der Waals surface area contributed by atoms with Gasteiger partial charge in [0.25, 0.3) is 5.91 Å². The second kappa shape index (κ2) is 6.33. The second-order valence-electron chi connectivity index (χ2n) is 4.21. The summed E-state index contributed by atoms with van der Waals surface area (Å²) in [6.07, 6.45) is 1.29.